The second-order valence-corrected chi connectivity index (χ2v) is 12.2. The molecule has 0 spiro atoms. The molecule has 0 bridgehead atoms. The fourth-order valence-electron chi connectivity index (χ4n) is 5.13. The average Bonchev–Trinajstić information content (AvgIpc) is 3.37. The smallest absolute Gasteiger partial charge is 0.338 e. The summed E-state index contributed by atoms with van der Waals surface area (Å²) >= 11 is 4.84. The lowest BCUT2D eigenvalue weighted by molar-refractivity contribution is -0.139. The topological polar surface area (TPSA) is 115 Å². The van der Waals surface area contributed by atoms with Gasteiger partial charge in [0.25, 0.3) is 5.56 Å². The monoisotopic (exact) mass is 720 g/mol. The summed E-state index contributed by atoms with van der Waals surface area (Å²) in [5.74, 6) is 0.610. The molecular formula is C35H33BrN2O8S. The number of carbonyl (C=O) groups is 2. The largest absolute Gasteiger partial charge is 0.493 e. The van der Waals surface area contributed by atoms with Crippen LogP contribution in [0.4, 0.5) is 0 Å². The number of aromatic nitrogens is 1. The minimum Gasteiger partial charge on any atom is -0.493 e. The molecule has 0 N–H and O–H groups in total. The lowest BCUT2D eigenvalue weighted by Crippen LogP contribution is -2.40. The van der Waals surface area contributed by atoms with Crippen LogP contribution >= 0.6 is 27.3 Å². The highest BCUT2D eigenvalue weighted by atomic mass is 79.9. The third-order valence-corrected chi connectivity index (χ3v) is 9.01. The van der Waals surface area contributed by atoms with Gasteiger partial charge in [0.15, 0.2) is 16.3 Å². The predicted octanol–water partition coefficient (Wildman–Crippen LogP) is 5.33. The van der Waals surface area contributed by atoms with Crippen molar-refractivity contribution in [3.05, 3.63) is 118 Å². The molecule has 1 aliphatic rings. The minimum atomic E-state index is -0.841. The Balaban J connectivity index is 1.51. The van der Waals surface area contributed by atoms with Crippen molar-refractivity contribution in [2.75, 3.05) is 27.4 Å². The van der Waals surface area contributed by atoms with Gasteiger partial charge in [-0.05, 0) is 79.9 Å². The number of rotatable bonds is 11. The first-order valence-corrected chi connectivity index (χ1v) is 16.4. The van der Waals surface area contributed by atoms with Crippen LogP contribution in [-0.2, 0) is 20.9 Å². The summed E-state index contributed by atoms with van der Waals surface area (Å²) in [7, 11) is 3.06. The Morgan fingerprint density at radius 3 is 2.32 bits per heavy atom. The van der Waals surface area contributed by atoms with Crippen LogP contribution in [0.2, 0.25) is 0 Å². The molecule has 10 nitrogen and oxygen atoms in total. The van der Waals surface area contributed by atoms with Crippen molar-refractivity contribution in [3.8, 4) is 17.2 Å². The summed E-state index contributed by atoms with van der Waals surface area (Å²) in [5, 5.41) is 0. The molecule has 4 aromatic rings. The Morgan fingerprint density at radius 2 is 1.64 bits per heavy atom. The van der Waals surface area contributed by atoms with Gasteiger partial charge in [-0.2, -0.15) is 0 Å². The van der Waals surface area contributed by atoms with Gasteiger partial charge in [-0.25, -0.2) is 14.6 Å². The molecule has 0 fully saturated rings. The van der Waals surface area contributed by atoms with E-state index in [0.717, 1.165) is 11.1 Å². The fourth-order valence-corrected chi connectivity index (χ4v) is 6.71. The molecular weight excluding hydrogens is 688 g/mol. The van der Waals surface area contributed by atoms with Crippen LogP contribution in [0.3, 0.4) is 0 Å². The third kappa shape index (κ3) is 7.18. The number of ether oxygens (including phenoxy) is 5. The number of esters is 2. The van der Waals surface area contributed by atoms with Gasteiger partial charge >= 0.3 is 11.9 Å². The van der Waals surface area contributed by atoms with Gasteiger partial charge in [-0.3, -0.25) is 9.36 Å². The van der Waals surface area contributed by atoms with Gasteiger partial charge in [0, 0.05) is 4.47 Å². The van der Waals surface area contributed by atoms with E-state index < -0.39 is 12.0 Å². The zero-order valence-corrected chi connectivity index (χ0v) is 28.9. The number of nitrogens with zero attached hydrogens (tertiary/aromatic N) is 2. The van der Waals surface area contributed by atoms with Crippen LogP contribution in [-0.4, -0.2) is 43.9 Å². The van der Waals surface area contributed by atoms with E-state index in [1.165, 1.54) is 30.1 Å². The standard InChI is InChI=1S/C35H33BrN2O8S/c1-6-44-33(40)23-13-11-21(12-14-23)19-46-24-10-8-9-22(15-24)16-29-32(39)38-31(25-17-27(42-4)28(43-5)18-26(25)36)30(34(41)45-7-2)20(3)37-35(38)47-29/h8-18,31H,6-7,19H2,1-5H3/b29-16-/t31-/m0/s1. The summed E-state index contributed by atoms with van der Waals surface area (Å²) in [6.07, 6.45) is 1.77. The first-order chi connectivity index (χ1) is 22.7. The number of thiazole rings is 1. The van der Waals surface area contributed by atoms with Crippen LogP contribution in [0.15, 0.2) is 86.2 Å². The molecule has 47 heavy (non-hydrogen) atoms. The molecule has 0 radical (unpaired) electrons. The number of fused-ring (bicyclic) bond motifs is 1. The summed E-state index contributed by atoms with van der Waals surface area (Å²) < 4.78 is 30.0. The SMILES string of the molecule is CCOC(=O)C1=C(C)N=c2s/c(=C\c3cccc(OCc4ccc(C(=O)OCC)cc4)c3)c(=O)n2[C@H]1c1cc(OC)c(OC)cc1Br. The first-order valence-electron chi connectivity index (χ1n) is 14.8. The average molecular weight is 722 g/mol. The van der Waals surface area contributed by atoms with E-state index in [0.29, 0.717) is 54.5 Å². The Labute approximate surface area is 283 Å². The van der Waals surface area contributed by atoms with Crippen molar-refractivity contribution < 1.29 is 33.3 Å². The number of hydrogen-bond acceptors (Lipinski definition) is 10. The summed E-state index contributed by atoms with van der Waals surface area (Å²) in [5.41, 5.74) is 3.10. The predicted molar refractivity (Wildman–Crippen MR) is 181 cm³/mol. The van der Waals surface area contributed by atoms with Crippen LogP contribution in [0.1, 0.15) is 53.9 Å². The maximum Gasteiger partial charge on any atom is 0.338 e. The van der Waals surface area contributed by atoms with Gasteiger partial charge in [0.05, 0.1) is 54.8 Å². The lowest BCUT2D eigenvalue weighted by atomic mass is 9.95. The zero-order valence-electron chi connectivity index (χ0n) is 26.5. The summed E-state index contributed by atoms with van der Waals surface area (Å²) in [6, 6.07) is 17.1. The van der Waals surface area contributed by atoms with Gasteiger partial charge in [-0.1, -0.05) is 51.5 Å². The van der Waals surface area contributed by atoms with E-state index in [1.54, 1.807) is 51.1 Å². The molecule has 12 heteroatoms. The van der Waals surface area contributed by atoms with Crippen molar-refractivity contribution in [1.82, 2.24) is 4.57 Å². The number of methoxy groups -OCH3 is 2. The van der Waals surface area contributed by atoms with E-state index >= 15 is 0 Å². The van der Waals surface area contributed by atoms with Gasteiger partial charge in [-0.15, -0.1) is 0 Å². The number of halogens is 1. The molecule has 0 saturated carbocycles. The Bertz CT molecular complexity index is 2030. The molecule has 244 valence electrons. The molecule has 2 heterocycles. The van der Waals surface area contributed by atoms with Crippen LogP contribution < -0.4 is 29.1 Å². The highest BCUT2D eigenvalue weighted by molar-refractivity contribution is 9.10. The maximum absolute atomic E-state index is 14.1. The van der Waals surface area contributed by atoms with Crippen molar-refractivity contribution in [2.45, 2.75) is 33.4 Å². The van der Waals surface area contributed by atoms with Gasteiger partial charge in [0.1, 0.15) is 12.4 Å². The molecule has 3 aromatic carbocycles. The van der Waals surface area contributed by atoms with Gasteiger partial charge < -0.3 is 23.7 Å². The number of carbonyl (C=O) groups excluding carboxylic acids is 2. The number of hydrogen-bond donors (Lipinski definition) is 0. The highest BCUT2D eigenvalue weighted by Gasteiger charge is 2.35. The zero-order chi connectivity index (χ0) is 33.7. The first kappa shape index (κ1) is 33.7. The van der Waals surface area contributed by atoms with E-state index in [2.05, 4.69) is 20.9 Å². The van der Waals surface area contributed by atoms with Crippen LogP contribution in [0.25, 0.3) is 6.08 Å². The molecule has 0 unspecified atom stereocenters. The Kier molecular flexibility index (Phi) is 10.6. The number of benzene rings is 3. The van der Waals surface area contributed by atoms with Crippen LogP contribution in [0.5, 0.6) is 17.2 Å². The maximum atomic E-state index is 14.1. The van der Waals surface area contributed by atoms with E-state index in [1.807, 2.05) is 36.4 Å². The van der Waals surface area contributed by atoms with Crippen molar-refractivity contribution >= 4 is 45.3 Å². The molecule has 0 saturated heterocycles. The molecule has 5 rings (SSSR count). The molecule has 1 aromatic heterocycles. The van der Waals surface area contributed by atoms with Crippen molar-refractivity contribution in [3.63, 3.8) is 0 Å². The summed E-state index contributed by atoms with van der Waals surface area (Å²) in [6.45, 7) is 5.98. The molecule has 1 aliphatic heterocycles. The number of allylic oxidation sites excluding steroid dienone is 1. The van der Waals surface area contributed by atoms with Crippen molar-refractivity contribution in [2.24, 2.45) is 4.99 Å². The second kappa shape index (κ2) is 14.8. The normalized spacial score (nSPS) is 14.3. The van der Waals surface area contributed by atoms with Gasteiger partial charge in [0.2, 0.25) is 0 Å². The molecule has 1 atom stereocenters. The second-order valence-electron chi connectivity index (χ2n) is 10.3. The van der Waals surface area contributed by atoms with Crippen LogP contribution in [0, 0.1) is 0 Å². The quantitative estimate of drug-likeness (QED) is 0.191. The highest BCUT2D eigenvalue weighted by Crippen LogP contribution is 2.40. The lowest BCUT2D eigenvalue weighted by Gasteiger charge is -2.26. The Morgan fingerprint density at radius 1 is 0.957 bits per heavy atom. The Hall–Kier alpha value is -4.68. The molecule has 0 amide bonds. The summed E-state index contributed by atoms with van der Waals surface area (Å²) in [4.78, 5) is 44.5. The van der Waals surface area contributed by atoms with E-state index in [-0.39, 0.29) is 30.3 Å². The van der Waals surface area contributed by atoms with Crippen molar-refractivity contribution in [1.29, 1.82) is 0 Å². The third-order valence-electron chi connectivity index (χ3n) is 7.34. The minimum absolute atomic E-state index is 0.164. The van der Waals surface area contributed by atoms with E-state index in [9.17, 15) is 14.4 Å². The molecule has 0 aliphatic carbocycles. The van der Waals surface area contributed by atoms with E-state index in [4.69, 9.17) is 23.7 Å². The fraction of sp³-hybridized carbons (Fsp3) is 0.257.